The predicted molar refractivity (Wildman–Crippen MR) is 58.0 cm³/mol. The minimum Gasteiger partial charge on any atom is -0.325 e. The van der Waals surface area contributed by atoms with Gasteiger partial charge in [-0.3, -0.25) is 0 Å². The van der Waals surface area contributed by atoms with E-state index in [4.69, 9.17) is 5.73 Å². The van der Waals surface area contributed by atoms with E-state index in [1.165, 1.54) is 30.4 Å². The van der Waals surface area contributed by atoms with Crippen LogP contribution in [0.5, 0.6) is 0 Å². The standard InChI is InChI=1S/C13H17N/c1-9-8-13(9,14)12-6-10-4-2-3-5-11(10)7-12/h2-5,9,12H,6-8,14H2,1H3. The molecule has 74 valence electrons. The Labute approximate surface area is 85.3 Å². The number of hydrogen-bond donors (Lipinski definition) is 1. The molecule has 1 saturated carbocycles. The second-order valence-electron chi connectivity index (χ2n) is 5.09. The maximum Gasteiger partial charge on any atom is 0.0219 e. The summed E-state index contributed by atoms with van der Waals surface area (Å²) in [5.74, 6) is 1.44. The Hall–Kier alpha value is -0.820. The lowest BCUT2D eigenvalue weighted by molar-refractivity contribution is 0.399. The zero-order valence-electron chi connectivity index (χ0n) is 8.66. The molecule has 0 saturated heterocycles. The first-order chi connectivity index (χ1) is 6.70. The van der Waals surface area contributed by atoms with E-state index in [-0.39, 0.29) is 5.54 Å². The number of nitrogens with two attached hydrogens (primary N) is 1. The van der Waals surface area contributed by atoms with Crippen molar-refractivity contribution in [3.63, 3.8) is 0 Å². The van der Waals surface area contributed by atoms with Gasteiger partial charge in [0.2, 0.25) is 0 Å². The van der Waals surface area contributed by atoms with Crippen LogP contribution in [-0.4, -0.2) is 5.54 Å². The molecule has 0 amide bonds. The van der Waals surface area contributed by atoms with Crippen molar-refractivity contribution >= 4 is 0 Å². The molecule has 2 aliphatic carbocycles. The van der Waals surface area contributed by atoms with Gasteiger partial charge in [0, 0.05) is 5.54 Å². The van der Waals surface area contributed by atoms with E-state index in [1.54, 1.807) is 0 Å². The highest BCUT2D eigenvalue weighted by atomic mass is 14.9. The summed E-state index contributed by atoms with van der Waals surface area (Å²) in [5.41, 5.74) is 9.60. The van der Waals surface area contributed by atoms with Crippen molar-refractivity contribution in [1.29, 1.82) is 0 Å². The van der Waals surface area contributed by atoms with Crippen molar-refractivity contribution in [1.82, 2.24) is 0 Å². The van der Waals surface area contributed by atoms with E-state index in [0.29, 0.717) is 5.92 Å². The third-order valence-electron chi connectivity index (χ3n) is 4.23. The van der Waals surface area contributed by atoms with Gasteiger partial charge in [-0.2, -0.15) is 0 Å². The van der Waals surface area contributed by atoms with Crippen LogP contribution in [0.4, 0.5) is 0 Å². The van der Waals surface area contributed by atoms with Crippen LogP contribution in [0.3, 0.4) is 0 Å². The van der Waals surface area contributed by atoms with Gasteiger partial charge < -0.3 is 5.73 Å². The van der Waals surface area contributed by atoms with Crippen molar-refractivity contribution in [2.24, 2.45) is 17.6 Å². The summed E-state index contributed by atoms with van der Waals surface area (Å²) < 4.78 is 0. The van der Waals surface area contributed by atoms with E-state index in [1.807, 2.05) is 0 Å². The zero-order chi connectivity index (χ0) is 9.76. The van der Waals surface area contributed by atoms with Gasteiger partial charge >= 0.3 is 0 Å². The van der Waals surface area contributed by atoms with Gasteiger partial charge in [-0.25, -0.2) is 0 Å². The fourth-order valence-corrected chi connectivity index (χ4v) is 2.98. The van der Waals surface area contributed by atoms with E-state index < -0.39 is 0 Å². The normalized spacial score (nSPS) is 35.7. The molecular weight excluding hydrogens is 170 g/mol. The second-order valence-corrected chi connectivity index (χ2v) is 5.09. The fourth-order valence-electron chi connectivity index (χ4n) is 2.98. The lowest BCUT2D eigenvalue weighted by atomic mass is 9.93. The summed E-state index contributed by atoms with van der Waals surface area (Å²) in [6.07, 6.45) is 3.64. The molecule has 1 aromatic rings. The van der Waals surface area contributed by atoms with E-state index in [0.717, 1.165) is 5.92 Å². The van der Waals surface area contributed by atoms with Crippen LogP contribution in [0.1, 0.15) is 24.5 Å². The quantitative estimate of drug-likeness (QED) is 0.716. The largest absolute Gasteiger partial charge is 0.325 e. The third-order valence-corrected chi connectivity index (χ3v) is 4.23. The zero-order valence-corrected chi connectivity index (χ0v) is 8.66. The minimum atomic E-state index is 0.166. The van der Waals surface area contributed by atoms with Crippen LogP contribution in [0, 0.1) is 11.8 Å². The lowest BCUT2D eigenvalue weighted by Crippen LogP contribution is -2.34. The maximum atomic E-state index is 6.37. The van der Waals surface area contributed by atoms with Crippen molar-refractivity contribution in [2.75, 3.05) is 0 Å². The molecule has 0 radical (unpaired) electrons. The van der Waals surface area contributed by atoms with Crippen molar-refractivity contribution < 1.29 is 0 Å². The van der Waals surface area contributed by atoms with Gasteiger partial charge in [-0.15, -0.1) is 0 Å². The van der Waals surface area contributed by atoms with E-state index >= 15 is 0 Å². The average molecular weight is 187 g/mol. The summed E-state index contributed by atoms with van der Waals surface area (Å²) >= 11 is 0. The van der Waals surface area contributed by atoms with Gasteiger partial charge in [-0.05, 0) is 42.2 Å². The molecule has 2 N–H and O–H groups in total. The second kappa shape index (κ2) is 2.60. The van der Waals surface area contributed by atoms with Gasteiger partial charge in [0.15, 0.2) is 0 Å². The van der Waals surface area contributed by atoms with E-state index in [2.05, 4.69) is 31.2 Å². The monoisotopic (exact) mass is 187 g/mol. The molecule has 0 spiro atoms. The van der Waals surface area contributed by atoms with E-state index in [9.17, 15) is 0 Å². The first kappa shape index (κ1) is 8.49. The molecule has 1 aromatic carbocycles. The van der Waals surface area contributed by atoms with Crippen molar-refractivity contribution in [3.05, 3.63) is 35.4 Å². The highest BCUT2D eigenvalue weighted by Crippen LogP contribution is 2.50. The van der Waals surface area contributed by atoms with Gasteiger partial charge in [-0.1, -0.05) is 31.2 Å². The Morgan fingerprint density at radius 2 is 1.71 bits per heavy atom. The molecule has 1 fully saturated rings. The smallest absolute Gasteiger partial charge is 0.0219 e. The Morgan fingerprint density at radius 1 is 1.21 bits per heavy atom. The summed E-state index contributed by atoms with van der Waals surface area (Å²) in [6, 6.07) is 8.79. The topological polar surface area (TPSA) is 26.0 Å². The molecule has 0 aromatic heterocycles. The summed E-state index contributed by atoms with van der Waals surface area (Å²) in [6.45, 7) is 2.28. The number of benzene rings is 1. The average Bonchev–Trinajstić information content (AvgIpc) is 2.66. The predicted octanol–water partition coefficient (Wildman–Crippen LogP) is 2.14. The number of hydrogen-bond acceptors (Lipinski definition) is 1. The first-order valence-electron chi connectivity index (χ1n) is 5.56. The van der Waals surface area contributed by atoms with Crippen LogP contribution < -0.4 is 5.73 Å². The highest BCUT2D eigenvalue weighted by Gasteiger charge is 2.54. The summed E-state index contributed by atoms with van der Waals surface area (Å²) in [5, 5.41) is 0. The molecule has 2 unspecified atom stereocenters. The van der Waals surface area contributed by atoms with Crippen LogP contribution in [-0.2, 0) is 12.8 Å². The van der Waals surface area contributed by atoms with Gasteiger partial charge in [0.1, 0.15) is 0 Å². The van der Waals surface area contributed by atoms with Crippen LogP contribution in [0.25, 0.3) is 0 Å². The molecular formula is C13H17N. The molecule has 3 rings (SSSR count). The number of rotatable bonds is 1. The number of fused-ring (bicyclic) bond motifs is 1. The Kier molecular flexibility index (Phi) is 1.58. The molecule has 14 heavy (non-hydrogen) atoms. The molecule has 2 atom stereocenters. The van der Waals surface area contributed by atoms with Gasteiger partial charge in [0.25, 0.3) is 0 Å². The third kappa shape index (κ3) is 1.05. The SMILES string of the molecule is CC1CC1(N)C1Cc2ccccc2C1. The molecule has 2 aliphatic rings. The van der Waals surface area contributed by atoms with Crippen molar-refractivity contribution in [2.45, 2.75) is 31.7 Å². The van der Waals surface area contributed by atoms with Crippen LogP contribution in [0.2, 0.25) is 0 Å². The van der Waals surface area contributed by atoms with Gasteiger partial charge in [0.05, 0.1) is 0 Å². The summed E-state index contributed by atoms with van der Waals surface area (Å²) in [7, 11) is 0. The molecule has 0 heterocycles. The van der Waals surface area contributed by atoms with Crippen LogP contribution in [0.15, 0.2) is 24.3 Å². The molecule has 0 bridgehead atoms. The minimum absolute atomic E-state index is 0.166. The van der Waals surface area contributed by atoms with Crippen molar-refractivity contribution in [3.8, 4) is 0 Å². The highest BCUT2D eigenvalue weighted by molar-refractivity contribution is 5.35. The van der Waals surface area contributed by atoms with Crippen LogP contribution >= 0.6 is 0 Å². The molecule has 1 nitrogen and oxygen atoms in total. The first-order valence-corrected chi connectivity index (χ1v) is 5.56. The Morgan fingerprint density at radius 3 is 2.14 bits per heavy atom. The maximum absolute atomic E-state index is 6.37. The Balaban J connectivity index is 1.86. The molecule has 1 heteroatoms. The summed E-state index contributed by atoms with van der Waals surface area (Å²) in [4.78, 5) is 0. The lowest BCUT2D eigenvalue weighted by Gasteiger charge is -2.18. The Bertz CT molecular complexity index is 346. The molecule has 0 aliphatic heterocycles. The fraction of sp³-hybridized carbons (Fsp3) is 0.538.